The highest BCUT2D eigenvalue weighted by Gasteiger charge is 2.21. The van der Waals surface area contributed by atoms with Crippen LogP contribution in [0.1, 0.15) is 25.0 Å². The van der Waals surface area contributed by atoms with Crippen molar-refractivity contribution in [3.63, 3.8) is 0 Å². The van der Waals surface area contributed by atoms with E-state index in [4.69, 9.17) is 41.9 Å². The molecule has 8 N–H and O–H groups in total. The SMILES string of the molecule is CCc1cc(Oc2ccc(S(=O)c3ccc(Oc4ccc(N)c(CC)c4)cc3-c3ccc(Oc4ccc(N)cc4)cc3)c(-c3ccc(Oc4ccc(N)cc4)cc3)c2)ccc1N. The third kappa shape index (κ3) is 9.51. The molecule has 8 rings (SSSR count). The summed E-state index contributed by atoms with van der Waals surface area (Å²) in [7, 11) is -1.71. The highest BCUT2D eigenvalue weighted by atomic mass is 32.2. The Morgan fingerprint density at radius 2 is 0.661 bits per heavy atom. The Morgan fingerprint density at radius 1 is 0.371 bits per heavy atom. The summed E-state index contributed by atoms with van der Waals surface area (Å²) in [5.74, 6) is 5.04. The minimum absolute atomic E-state index is 0.574. The molecule has 9 nitrogen and oxygen atoms in total. The van der Waals surface area contributed by atoms with Gasteiger partial charge in [-0.2, -0.15) is 0 Å². The van der Waals surface area contributed by atoms with Gasteiger partial charge in [0.2, 0.25) is 0 Å². The molecule has 8 aromatic carbocycles. The molecule has 10 heteroatoms. The summed E-state index contributed by atoms with van der Waals surface area (Å²) in [6.07, 6.45) is 1.53. The molecule has 0 radical (unpaired) electrons. The van der Waals surface area contributed by atoms with Crippen LogP contribution in [0.3, 0.4) is 0 Å². The molecule has 0 aliphatic carbocycles. The summed E-state index contributed by atoms with van der Waals surface area (Å²) in [5, 5.41) is 0. The van der Waals surface area contributed by atoms with Crippen LogP contribution in [0.25, 0.3) is 22.3 Å². The first kappa shape index (κ1) is 41.1. The lowest BCUT2D eigenvalue weighted by atomic mass is 10.0. The van der Waals surface area contributed by atoms with E-state index in [1.165, 1.54) is 0 Å². The van der Waals surface area contributed by atoms with Gasteiger partial charge in [-0.05, 0) is 181 Å². The summed E-state index contributed by atoms with van der Waals surface area (Å²) >= 11 is 0. The number of nitrogens with two attached hydrogens (primary N) is 4. The van der Waals surface area contributed by atoms with Gasteiger partial charge >= 0.3 is 0 Å². The van der Waals surface area contributed by atoms with Gasteiger partial charge in [-0.25, -0.2) is 4.21 Å². The Morgan fingerprint density at radius 3 is 1.02 bits per heavy atom. The molecule has 0 atom stereocenters. The molecule has 0 saturated heterocycles. The lowest BCUT2D eigenvalue weighted by molar-refractivity contribution is 0.481. The van der Waals surface area contributed by atoms with Crippen molar-refractivity contribution in [1.29, 1.82) is 0 Å². The quantitative estimate of drug-likeness (QED) is 0.0782. The van der Waals surface area contributed by atoms with E-state index < -0.39 is 10.8 Å². The number of ether oxygens (including phenoxy) is 4. The molecule has 8 aromatic rings. The molecule has 0 bridgehead atoms. The van der Waals surface area contributed by atoms with E-state index in [1.807, 2.05) is 146 Å². The van der Waals surface area contributed by atoms with Crippen molar-refractivity contribution in [2.75, 3.05) is 22.9 Å². The van der Waals surface area contributed by atoms with Gasteiger partial charge in [0.15, 0.2) is 0 Å². The monoisotopic (exact) mass is 838 g/mol. The van der Waals surface area contributed by atoms with Gasteiger partial charge in [-0.1, -0.05) is 38.1 Å². The Balaban J connectivity index is 1.19. The number of hydrogen-bond acceptors (Lipinski definition) is 9. The van der Waals surface area contributed by atoms with Crippen molar-refractivity contribution in [1.82, 2.24) is 0 Å². The van der Waals surface area contributed by atoms with Crippen molar-refractivity contribution >= 4 is 33.5 Å². The zero-order valence-corrected chi connectivity index (χ0v) is 35.2. The van der Waals surface area contributed by atoms with Gasteiger partial charge in [-0.15, -0.1) is 0 Å². The number of rotatable bonds is 14. The van der Waals surface area contributed by atoms with Crippen molar-refractivity contribution in [2.24, 2.45) is 0 Å². The molecule has 62 heavy (non-hydrogen) atoms. The van der Waals surface area contributed by atoms with Crippen molar-refractivity contribution in [3.05, 3.63) is 181 Å². The van der Waals surface area contributed by atoms with Crippen molar-refractivity contribution < 1.29 is 23.2 Å². The second-order valence-corrected chi connectivity index (χ2v) is 16.0. The maximum Gasteiger partial charge on any atom is 0.128 e. The predicted molar refractivity (Wildman–Crippen MR) is 251 cm³/mol. The Labute approximate surface area is 363 Å². The first-order valence-electron chi connectivity index (χ1n) is 20.2. The topological polar surface area (TPSA) is 158 Å². The van der Waals surface area contributed by atoms with E-state index in [0.29, 0.717) is 78.5 Å². The zero-order chi connectivity index (χ0) is 43.2. The molecule has 0 amide bonds. The lowest BCUT2D eigenvalue weighted by Crippen LogP contribution is -2.00. The Hall–Kier alpha value is -7.69. The van der Waals surface area contributed by atoms with E-state index >= 15 is 4.21 Å². The Bertz CT molecular complexity index is 2670. The van der Waals surface area contributed by atoms with Gasteiger partial charge in [0.1, 0.15) is 46.0 Å². The van der Waals surface area contributed by atoms with Crippen LogP contribution in [0.4, 0.5) is 22.7 Å². The second-order valence-electron chi connectivity index (χ2n) is 14.6. The van der Waals surface area contributed by atoms with E-state index in [2.05, 4.69) is 13.8 Å². The summed E-state index contributed by atoms with van der Waals surface area (Å²) in [4.78, 5) is 1.17. The largest absolute Gasteiger partial charge is 0.457 e. The number of aryl methyl sites for hydroxylation is 2. The summed E-state index contributed by atoms with van der Waals surface area (Å²) in [5.41, 5.74) is 32.0. The molecule has 0 saturated carbocycles. The molecule has 0 fully saturated rings. The van der Waals surface area contributed by atoms with Gasteiger partial charge in [0.25, 0.3) is 0 Å². The van der Waals surface area contributed by atoms with E-state index in [-0.39, 0.29) is 0 Å². The molecule has 0 aromatic heterocycles. The molecule has 0 aliphatic rings. The fourth-order valence-electron chi connectivity index (χ4n) is 6.96. The third-order valence-electron chi connectivity index (χ3n) is 10.3. The van der Waals surface area contributed by atoms with Crippen LogP contribution in [0.15, 0.2) is 180 Å². The van der Waals surface area contributed by atoms with Crippen molar-refractivity contribution in [2.45, 2.75) is 36.5 Å². The maximum absolute atomic E-state index is 15.2. The van der Waals surface area contributed by atoms with E-state index in [0.717, 1.165) is 46.2 Å². The van der Waals surface area contributed by atoms with Crippen LogP contribution < -0.4 is 41.9 Å². The molecule has 0 spiro atoms. The molecule has 0 unspecified atom stereocenters. The third-order valence-corrected chi connectivity index (χ3v) is 11.8. The fourth-order valence-corrected chi connectivity index (χ4v) is 8.34. The standard InChI is InChI=1S/C52H46N4O5S/c1-3-33-29-43(21-25-49(33)55)60-45-23-27-51(47(31-45)35-5-13-39(14-6-35)58-41-17-9-37(53)10-18-41)62(57)52-28-24-46(61-44-22-26-50(56)34(4-2)30-44)32-48(52)36-7-15-40(16-8-36)59-42-19-11-38(54)12-20-42/h5-32H,3-4,53-56H2,1-2H3. The number of hydrogen-bond donors (Lipinski definition) is 4. The summed E-state index contributed by atoms with van der Waals surface area (Å²) in [6.45, 7) is 4.10. The number of benzene rings is 8. The van der Waals surface area contributed by atoms with E-state index in [9.17, 15) is 0 Å². The van der Waals surface area contributed by atoms with Gasteiger partial charge in [0, 0.05) is 33.9 Å². The predicted octanol–water partition coefficient (Wildman–Crippen LogP) is 12.8. The maximum atomic E-state index is 15.2. The number of anilines is 4. The Kier molecular flexibility index (Phi) is 12.1. The molecular weight excluding hydrogens is 793 g/mol. The highest BCUT2D eigenvalue weighted by Crippen LogP contribution is 2.40. The minimum atomic E-state index is -1.71. The second kappa shape index (κ2) is 18.3. The average Bonchev–Trinajstić information content (AvgIpc) is 3.29. The van der Waals surface area contributed by atoms with Crippen LogP contribution in [-0.4, -0.2) is 4.21 Å². The smallest absolute Gasteiger partial charge is 0.128 e. The van der Waals surface area contributed by atoms with Crippen LogP contribution in [0.5, 0.6) is 46.0 Å². The van der Waals surface area contributed by atoms with Crippen LogP contribution in [0.2, 0.25) is 0 Å². The van der Waals surface area contributed by atoms with Crippen molar-refractivity contribution in [3.8, 4) is 68.2 Å². The normalized spacial score (nSPS) is 11.0. The zero-order valence-electron chi connectivity index (χ0n) is 34.3. The molecule has 0 heterocycles. The highest BCUT2D eigenvalue weighted by molar-refractivity contribution is 7.85. The van der Waals surface area contributed by atoms with Gasteiger partial charge in [0.05, 0.1) is 20.6 Å². The van der Waals surface area contributed by atoms with Gasteiger partial charge < -0.3 is 41.9 Å². The molecule has 0 aliphatic heterocycles. The van der Waals surface area contributed by atoms with Crippen LogP contribution in [-0.2, 0) is 23.6 Å². The average molecular weight is 839 g/mol. The lowest BCUT2D eigenvalue weighted by Gasteiger charge is -2.17. The molecule has 310 valence electrons. The summed E-state index contributed by atoms with van der Waals surface area (Å²) < 4.78 is 40.2. The fraction of sp³-hybridized carbons (Fsp3) is 0.0769. The van der Waals surface area contributed by atoms with Gasteiger partial charge in [-0.3, -0.25) is 0 Å². The minimum Gasteiger partial charge on any atom is -0.457 e. The van der Waals surface area contributed by atoms with Crippen LogP contribution >= 0.6 is 0 Å². The van der Waals surface area contributed by atoms with E-state index in [1.54, 1.807) is 24.3 Å². The number of nitrogen functional groups attached to an aromatic ring is 4. The first-order chi connectivity index (χ1) is 30.1. The van der Waals surface area contributed by atoms with Crippen LogP contribution in [0, 0.1) is 0 Å². The summed E-state index contributed by atoms with van der Waals surface area (Å²) in [6, 6.07) is 52.2. The molecular formula is C52H46N4O5S. The first-order valence-corrected chi connectivity index (χ1v) is 21.4.